The third kappa shape index (κ3) is 3.48. The average Bonchev–Trinajstić information content (AvgIpc) is 2.77. The zero-order valence-electron chi connectivity index (χ0n) is 15.5. The third-order valence-electron chi connectivity index (χ3n) is 4.63. The molecule has 4 rings (SSSR count). The second-order valence-electron chi connectivity index (χ2n) is 6.56. The summed E-state index contributed by atoms with van der Waals surface area (Å²) in [7, 11) is 0. The number of hydrogen-bond acceptors (Lipinski definition) is 5. The maximum atomic E-state index is 12.9. The SMILES string of the molecule is O=C(COC(=O)c1cccc2c1C(=O)c1ccccc1C2=O)Nc1ccc(F)cc1. The van der Waals surface area contributed by atoms with E-state index in [0.29, 0.717) is 5.69 Å². The number of esters is 1. The summed E-state index contributed by atoms with van der Waals surface area (Å²) >= 11 is 0. The first-order valence-corrected chi connectivity index (χ1v) is 8.99. The first-order chi connectivity index (χ1) is 14.5. The first kappa shape index (κ1) is 19.2. The van der Waals surface area contributed by atoms with Crippen molar-refractivity contribution in [1.82, 2.24) is 0 Å². The number of rotatable bonds is 4. The fourth-order valence-electron chi connectivity index (χ4n) is 3.25. The van der Waals surface area contributed by atoms with Crippen molar-refractivity contribution >= 4 is 29.1 Å². The summed E-state index contributed by atoms with van der Waals surface area (Å²) in [6, 6.07) is 15.8. The number of halogens is 1. The molecular weight excluding hydrogens is 389 g/mol. The van der Waals surface area contributed by atoms with Gasteiger partial charge in [0.05, 0.1) is 5.56 Å². The van der Waals surface area contributed by atoms with Gasteiger partial charge in [0.15, 0.2) is 18.2 Å². The summed E-state index contributed by atoms with van der Waals surface area (Å²) in [6.45, 7) is -0.612. The molecule has 1 amide bonds. The van der Waals surface area contributed by atoms with E-state index in [4.69, 9.17) is 4.74 Å². The number of fused-ring (bicyclic) bond motifs is 2. The molecule has 0 bridgehead atoms. The number of carbonyl (C=O) groups excluding carboxylic acids is 4. The Morgan fingerprint density at radius 2 is 1.43 bits per heavy atom. The minimum Gasteiger partial charge on any atom is -0.452 e. The molecule has 1 aliphatic carbocycles. The molecule has 0 fully saturated rings. The van der Waals surface area contributed by atoms with E-state index in [2.05, 4.69) is 5.32 Å². The van der Waals surface area contributed by atoms with Gasteiger partial charge in [0.1, 0.15) is 5.82 Å². The Labute approximate surface area is 170 Å². The van der Waals surface area contributed by atoms with Gasteiger partial charge < -0.3 is 10.1 Å². The van der Waals surface area contributed by atoms with Crippen molar-refractivity contribution in [1.29, 1.82) is 0 Å². The Bertz CT molecular complexity index is 1200. The molecule has 30 heavy (non-hydrogen) atoms. The van der Waals surface area contributed by atoms with E-state index in [-0.39, 0.29) is 33.6 Å². The highest BCUT2D eigenvalue weighted by Crippen LogP contribution is 2.29. The smallest absolute Gasteiger partial charge is 0.339 e. The molecule has 7 heteroatoms. The van der Waals surface area contributed by atoms with Gasteiger partial charge in [-0.25, -0.2) is 9.18 Å². The molecule has 0 saturated heterocycles. The van der Waals surface area contributed by atoms with Crippen molar-refractivity contribution in [3.05, 3.63) is 100 Å². The Hall–Kier alpha value is -4.13. The molecule has 1 aliphatic rings. The normalized spacial score (nSPS) is 12.0. The topological polar surface area (TPSA) is 89.5 Å². The molecule has 0 heterocycles. The maximum Gasteiger partial charge on any atom is 0.339 e. The van der Waals surface area contributed by atoms with Gasteiger partial charge in [0.25, 0.3) is 5.91 Å². The van der Waals surface area contributed by atoms with Crippen LogP contribution < -0.4 is 5.32 Å². The van der Waals surface area contributed by atoms with Crippen LogP contribution in [0.4, 0.5) is 10.1 Å². The Balaban J connectivity index is 1.53. The van der Waals surface area contributed by atoms with Crippen LogP contribution in [0, 0.1) is 5.82 Å². The summed E-state index contributed by atoms with van der Waals surface area (Å²) in [5, 5.41) is 2.46. The fraction of sp³-hybridized carbons (Fsp3) is 0.0435. The molecule has 1 N–H and O–H groups in total. The first-order valence-electron chi connectivity index (χ1n) is 8.99. The van der Waals surface area contributed by atoms with Crippen molar-refractivity contribution < 1.29 is 28.3 Å². The van der Waals surface area contributed by atoms with Crippen molar-refractivity contribution in [2.24, 2.45) is 0 Å². The lowest BCUT2D eigenvalue weighted by Gasteiger charge is -2.19. The number of benzene rings is 3. The molecule has 0 spiro atoms. The molecular formula is C23H14FNO5. The minimum atomic E-state index is -0.901. The predicted octanol–water partition coefficient (Wildman–Crippen LogP) is 3.40. The molecule has 148 valence electrons. The van der Waals surface area contributed by atoms with Gasteiger partial charge in [0.2, 0.25) is 0 Å². The van der Waals surface area contributed by atoms with Crippen LogP contribution >= 0.6 is 0 Å². The van der Waals surface area contributed by atoms with Crippen molar-refractivity contribution in [2.45, 2.75) is 0 Å². The predicted molar refractivity (Wildman–Crippen MR) is 105 cm³/mol. The van der Waals surface area contributed by atoms with Crippen molar-refractivity contribution in [2.75, 3.05) is 11.9 Å². The van der Waals surface area contributed by atoms with Crippen LogP contribution in [0.5, 0.6) is 0 Å². The van der Waals surface area contributed by atoms with Gasteiger partial charge >= 0.3 is 5.97 Å². The number of ether oxygens (including phenoxy) is 1. The second-order valence-corrected chi connectivity index (χ2v) is 6.56. The van der Waals surface area contributed by atoms with Crippen LogP contribution in [0.25, 0.3) is 0 Å². The number of anilines is 1. The lowest BCUT2D eigenvalue weighted by Crippen LogP contribution is -2.26. The highest BCUT2D eigenvalue weighted by molar-refractivity contribution is 6.30. The zero-order valence-corrected chi connectivity index (χ0v) is 15.5. The molecule has 0 atom stereocenters. The van der Waals surface area contributed by atoms with E-state index in [9.17, 15) is 23.6 Å². The molecule has 3 aromatic carbocycles. The van der Waals surface area contributed by atoms with Gasteiger partial charge in [-0.1, -0.05) is 36.4 Å². The van der Waals surface area contributed by atoms with Crippen LogP contribution in [0.1, 0.15) is 42.2 Å². The van der Waals surface area contributed by atoms with Gasteiger partial charge in [0, 0.05) is 27.9 Å². The summed E-state index contributed by atoms with van der Waals surface area (Å²) in [6.07, 6.45) is 0. The highest BCUT2D eigenvalue weighted by atomic mass is 19.1. The van der Waals surface area contributed by atoms with Gasteiger partial charge in [-0.2, -0.15) is 0 Å². The third-order valence-corrected chi connectivity index (χ3v) is 4.63. The molecule has 0 aliphatic heterocycles. The van der Waals surface area contributed by atoms with Crippen molar-refractivity contribution in [3.63, 3.8) is 0 Å². The summed E-state index contributed by atoms with van der Waals surface area (Å²) in [4.78, 5) is 50.2. The van der Waals surface area contributed by atoms with E-state index in [1.54, 1.807) is 18.2 Å². The summed E-state index contributed by atoms with van der Waals surface area (Å²) in [5.41, 5.74) is 0.819. The lowest BCUT2D eigenvalue weighted by atomic mass is 9.82. The minimum absolute atomic E-state index is 0.0369. The number of carbonyl (C=O) groups is 4. The quantitative estimate of drug-likeness (QED) is 0.528. The molecule has 0 aromatic heterocycles. The molecule has 3 aromatic rings. The average molecular weight is 403 g/mol. The zero-order chi connectivity index (χ0) is 21.3. The van der Waals surface area contributed by atoms with E-state index in [0.717, 1.165) is 0 Å². The number of amides is 1. The van der Waals surface area contributed by atoms with Crippen LogP contribution in [0.15, 0.2) is 66.7 Å². The molecule has 6 nitrogen and oxygen atoms in total. The molecule has 0 unspecified atom stereocenters. The van der Waals surface area contributed by atoms with Gasteiger partial charge in [-0.05, 0) is 30.3 Å². The van der Waals surface area contributed by atoms with E-state index in [1.807, 2.05) is 0 Å². The summed E-state index contributed by atoms with van der Waals surface area (Å²) < 4.78 is 18.0. The lowest BCUT2D eigenvalue weighted by molar-refractivity contribution is -0.119. The Morgan fingerprint density at radius 1 is 0.800 bits per heavy atom. The Morgan fingerprint density at radius 3 is 2.13 bits per heavy atom. The monoisotopic (exact) mass is 403 g/mol. The van der Waals surface area contributed by atoms with Gasteiger partial charge in [-0.15, -0.1) is 0 Å². The maximum absolute atomic E-state index is 12.9. The Kier molecular flexibility index (Phi) is 4.93. The van der Waals surface area contributed by atoms with Gasteiger partial charge in [-0.3, -0.25) is 14.4 Å². The number of ketones is 2. The van der Waals surface area contributed by atoms with E-state index < -0.39 is 30.1 Å². The summed E-state index contributed by atoms with van der Waals surface area (Å²) in [5.74, 6) is -2.80. The number of nitrogens with one attached hydrogen (secondary N) is 1. The highest BCUT2D eigenvalue weighted by Gasteiger charge is 2.33. The molecule has 0 radical (unpaired) electrons. The van der Waals surface area contributed by atoms with E-state index in [1.165, 1.54) is 48.5 Å². The second kappa shape index (κ2) is 7.71. The largest absolute Gasteiger partial charge is 0.452 e. The van der Waals surface area contributed by atoms with Crippen LogP contribution in [-0.4, -0.2) is 30.0 Å². The van der Waals surface area contributed by atoms with Crippen molar-refractivity contribution in [3.8, 4) is 0 Å². The van der Waals surface area contributed by atoms with Crippen LogP contribution in [0.3, 0.4) is 0 Å². The number of hydrogen-bond donors (Lipinski definition) is 1. The molecule has 0 saturated carbocycles. The standard InChI is InChI=1S/C23H14FNO5/c24-13-8-10-14(11-9-13)25-19(26)12-30-23(29)18-7-3-6-17-20(18)22(28)16-5-2-1-4-15(16)21(17)27/h1-11H,12H2,(H,25,26). The van der Waals surface area contributed by atoms with Crippen LogP contribution in [-0.2, 0) is 9.53 Å². The fourth-order valence-corrected chi connectivity index (χ4v) is 3.25. The van der Waals surface area contributed by atoms with Crippen LogP contribution in [0.2, 0.25) is 0 Å². The van der Waals surface area contributed by atoms with E-state index >= 15 is 0 Å².